The fraction of sp³-hybridized carbons (Fsp3) is 0. The molecule has 0 saturated carbocycles. The van der Waals surface area contributed by atoms with Crippen LogP contribution in [0.15, 0.2) is 55.1 Å². The predicted octanol–water partition coefficient (Wildman–Crippen LogP) is 1.38. The molecule has 1 amide bonds. The Hall–Kier alpha value is -2.69. The molecule has 1 heterocycles. The van der Waals surface area contributed by atoms with Gasteiger partial charge < -0.3 is 10.5 Å². The molecule has 0 aliphatic heterocycles. The molecule has 5 nitrogen and oxygen atoms in total. The zero-order valence-electron chi connectivity index (χ0n) is 9.48. The topological polar surface area (TPSA) is 78.1 Å². The summed E-state index contributed by atoms with van der Waals surface area (Å²) in [6.45, 7) is 0. The molecule has 0 unspecified atom stereocenters. The first-order chi connectivity index (χ1) is 8.77. The number of amides is 1. The minimum Gasteiger partial charge on any atom is -0.431 e. The third-order valence-corrected chi connectivity index (χ3v) is 2.17. The Kier molecular flexibility index (Phi) is 3.66. The van der Waals surface area contributed by atoms with E-state index in [2.05, 4.69) is 9.97 Å². The van der Waals surface area contributed by atoms with Crippen LogP contribution in [0.25, 0.3) is 5.57 Å². The van der Waals surface area contributed by atoms with E-state index in [1.54, 1.807) is 30.6 Å². The first-order valence-corrected chi connectivity index (χ1v) is 5.26. The van der Waals surface area contributed by atoms with Gasteiger partial charge in [-0.1, -0.05) is 30.3 Å². The van der Waals surface area contributed by atoms with Gasteiger partial charge in [-0.2, -0.15) is 0 Å². The molecule has 0 bridgehead atoms. The number of carbonyl (C=O) groups is 1. The molecule has 2 N–H and O–H groups in total. The quantitative estimate of drug-likeness (QED) is 0.648. The molecule has 18 heavy (non-hydrogen) atoms. The van der Waals surface area contributed by atoms with Crippen molar-refractivity contribution in [3.05, 3.63) is 60.6 Å². The van der Waals surface area contributed by atoms with Crippen LogP contribution in [0.4, 0.5) is 0 Å². The number of hydrogen-bond acceptors (Lipinski definition) is 4. The van der Waals surface area contributed by atoms with Crippen molar-refractivity contribution < 1.29 is 9.53 Å². The Bertz CT molecular complexity index is 553. The lowest BCUT2D eigenvalue weighted by Gasteiger charge is -2.03. The number of carbonyl (C=O) groups excluding carboxylic acids is 1. The zero-order chi connectivity index (χ0) is 12.8. The Labute approximate surface area is 104 Å². The van der Waals surface area contributed by atoms with E-state index in [0.717, 1.165) is 0 Å². The van der Waals surface area contributed by atoms with Crippen LogP contribution >= 0.6 is 0 Å². The van der Waals surface area contributed by atoms with Gasteiger partial charge in [-0.3, -0.25) is 4.79 Å². The van der Waals surface area contributed by atoms with Crippen molar-refractivity contribution in [2.45, 2.75) is 0 Å². The molecule has 5 heteroatoms. The maximum absolute atomic E-state index is 11.4. The molecule has 0 fully saturated rings. The summed E-state index contributed by atoms with van der Waals surface area (Å²) in [5.74, 6) is -0.572. The van der Waals surface area contributed by atoms with E-state index < -0.39 is 5.91 Å². The number of benzene rings is 1. The van der Waals surface area contributed by atoms with Gasteiger partial charge in [-0.15, -0.1) is 0 Å². The molecule has 1 aromatic carbocycles. The van der Waals surface area contributed by atoms with Crippen molar-refractivity contribution in [2.75, 3.05) is 0 Å². The summed E-state index contributed by atoms with van der Waals surface area (Å²) < 4.78 is 5.20. The molecule has 2 aromatic rings. The first-order valence-electron chi connectivity index (χ1n) is 5.26. The number of hydrogen-bond donors (Lipinski definition) is 1. The second-order valence-corrected chi connectivity index (χ2v) is 3.41. The van der Waals surface area contributed by atoms with E-state index in [9.17, 15) is 4.79 Å². The monoisotopic (exact) mass is 241 g/mol. The Morgan fingerprint density at radius 3 is 2.39 bits per heavy atom. The Morgan fingerprint density at radius 2 is 1.78 bits per heavy atom. The van der Waals surface area contributed by atoms with Gasteiger partial charge in [0.25, 0.3) is 5.91 Å². The van der Waals surface area contributed by atoms with Crippen LogP contribution in [-0.4, -0.2) is 15.9 Å². The van der Waals surface area contributed by atoms with Gasteiger partial charge in [0.05, 0.1) is 5.57 Å². The van der Waals surface area contributed by atoms with E-state index in [1.807, 2.05) is 18.2 Å². The van der Waals surface area contributed by atoms with Crippen LogP contribution in [0, 0.1) is 0 Å². The summed E-state index contributed by atoms with van der Waals surface area (Å²) in [4.78, 5) is 19.1. The van der Waals surface area contributed by atoms with Gasteiger partial charge in [-0.25, -0.2) is 9.97 Å². The van der Waals surface area contributed by atoms with E-state index in [4.69, 9.17) is 10.5 Å². The molecule has 0 radical (unpaired) electrons. The first kappa shape index (κ1) is 11.8. The zero-order valence-corrected chi connectivity index (χ0v) is 9.48. The van der Waals surface area contributed by atoms with Crippen LogP contribution < -0.4 is 10.5 Å². The molecule has 2 rings (SSSR count). The number of rotatable bonds is 4. The summed E-state index contributed by atoms with van der Waals surface area (Å²) in [7, 11) is 0. The van der Waals surface area contributed by atoms with Crippen molar-refractivity contribution >= 4 is 11.5 Å². The summed E-state index contributed by atoms with van der Waals surface area (Å²) in [5.41, 5.74) is 6.25. The Balaban J connectivity index is 2.24. The van der Waals surface area contributed by atoms with Crippen molar-refractivity contribution in [1.29, 1.82) is 0 Å². The average molecular weight is 241 g/mol. The van der Waals surface area contributed by atoms with Gasteiger partial charge in [0.1, 0.15) is 6.26 Å². The van der Waals surface area contributed by atoms with Gasteiger partial charge in [0.15, 0.2) is 0 Å². The van der Waals surface area contributed by atoms with Gasteiger partial charge in [0.2, 0.25) is 0 Å². The Morgan fingerprint density at radius 1 is 1.11 bits per heavy atom. The standard InChI is InChI=1S/C13H11N3O2/c14-12(17)11(10-5-2-1-3-6-10)9-18-13-15-7-4-8-16-13/h1-9H,(H2,14,17). The number of ether oxygens (including phenoxy) is 1. The molecule has 1 aromatic heterocycles. The summed E-state index contributed by atoms with van der Waals surface area (Å²) in [5, 5.41) is 0. The summed E-state index contributed by atoms with van der Waals surface area (Å²) in [6.07, 6.45) is 4.35. The second kappa shape index (κ2) is 5.58. The number of nitrogens with two attached hydrogens (primary N) is 1. The van der Waals surface area contributed by atoms with Crippen molar-refractivity contribution in [1.82, 2.24) is 9.97 Å². The molecule has 0 aliphatic rings. The molecule has 90 valence electrons. The third-order valence-electron chi connectivity index (χ3n) is 2.17. The fourth-order valence-electron chi connectivity index (χ4n) is 1.34. The predicted molar refractivity (Wildman–Crippen MR) is 66.3 cm³/mol. The van der Waals surface area contributed by atoms with Gasteiger partial charge >= 0.3 is 6.01 Å². The number of nitrogens with zero attached hydrogens (tertiary/aromatic N) is 2. The lowest BCUT2D eigenvalue weighted by atomic mass is 10.1. The van der Waals surface area contributed by atoms with Crippen LogP contribution in [0.1, 0.15) is 5.56 Å². The molecule has 0 spiro atoms. The maximum Gasteiger partial charge on any atom is 0.321 e. The normalized spacial score (nSPS) is 11.0. The van der Waals surface area contributed by atoms with Crippen LogP contribution in [-0.2, 0) is 4.79 Å². The van der Waals surface area contributed by atoms with Crippen LogP contribution in [0.3, 0.4) is 0 Å². The van der Waals surface area contributed by atoms with Gasteiger partial charge in [-0.05, 0) is 11.6 Å². The minimum absolute atomic E-state index is 0.159. The van der Waals surface area contributed by atoms with Crippen molar-refractivity contribution in [3.63, 3.8) is 0 Å². The summed E-state index contributed by atoms with van der Waals surface area (Å²) in [6, 6.07) is 10.8. The van der Waals surface area contributed by atoms with Crippen molar-refractivity contribution in [2.24, 2.45) is 5.73 Å². The number of aromatic nitrogens is 2. The lowest BCUT2D eigenvalue weighted by Crippen LogP contribution is -2.13. The van der Waals surface area contributed by atoms with Gasteiger partial charge in [0, 0.05) is 12.4 Å². The highest BCUT2D eigenvalue weighted by atomic mass is 16.5. The average Bonchev–Trinajstić information content (AvgIpc) is 2.41. The summed E-state index contributed by atoms with van der Waals surface area (Å²) >= 11 is 0. The second-order valence-electron chi connectivity index (χ2n) is 3.41. The van der Waals surface area contributed by atoms with E-state index in [0.29, 0.717) is 5.56 Å². The van der Waals surface area contributed by atoms with E-state index >= 15 is 0 Å². The molecule has 0 atom stereocenters. The smallest absolute Gasteiger partial charge is 0.321 e. The molecular formula is C13H11N3O2. The minimum atomic E-state index is -0.572. The fourth-order valence-corrected chi connectivity index (χ4v) is 1.34. The van der Waals surface area contributed by atoms with E-state index in [1.165, 1.54) is 6.26 Å². The molecule has 0 aliphatic carbocycles. The van der Waals surface area contributed by atoms with Crippen LogP contribution in [0.5, 0.6) is 6.01 Å². The van der Waals surface area contributed by atoms with Crippen molar-refractivity contribution in [3.8, 4) is 6.01 Å². The highest BCUT2D eigenvalue weighted by Crippen LogP contribution is 2.14. The highest BCUT2D eigenvalue weighted by Gasteiger charge is 2.08. The van der Waals surface area contributed by atoms with E-state index in [-0.39, 0.29) is 11.6 Å². The largest absolute Gasteiger partial charge is 0.431 e. The number of primary amides is 1. The third kappa shape index (κ3) is 2.91. The molecular weight excluding hydrogens is 230 g/mol. The maximum atomic E-state index is 11.4. The molecule has 0 saturated heterocycles. The lowest BCUT2D eigenvalue weighted by molar-refractivity contribution is -0.112. The van der Waals surface area contributed by atoms with Crippen LogP contribution in [0.2, 0.25) is 0 Å². The SMILES string of the molecule is NC(=O)C(=COc1ncccn1)c1ccccc1. The highest BCUT2D eigenvalue weighted by molar-refractivity contribution is 6.18.